The first-order valence-corrected chi connectivity index (χ1v) is 9.47. The van der Waals surface area contributed by atoms with Crippen molar-refractivity contribution in [2.45, 2.75) is 6.42 Å². The number of aromatic nitrogens is 2. The molecule has 7 nitrogen and oxygen atoms in total. The zero-order valence-electron chi connectivity index (χ0n) is 16.0. The second kappa shape index (κ2) is 7.77. The number of carbonyl (C=O) groups excluding carboxylic acids is 1. The Morgan fingerprint density at radius 1 is 1.24 bits per heavy atom. The lowest BCUT2D eigenvalue weighted by Gasteiger charge is -2.12. The number of nitrogens with one attached hydrogen (secondary N) is 1. The van der Waals surface area contributed by atoms with E-state index >= 15 is 0 Å². The molecule has 1 aliphatic rings. The molecule has 0 fully saturated rings. The van der Waals surface area contributed by atoms with Gasteiger partial charge in [0, 0.05) is 29.1 Å². The summed E-state index contributed by atoms with van der Waals surface area (Å²) < 4.78 is 12.6. The summed E-state index contributed by atoms with van der Waals surface area (Å²) in [6.07, 6.45) is 0.535. The highest BCUT2D eigenvalue weighted by molar-refractivity contribution is 6.30. The van der Waals surface area contributed by atoms with E-state index in [1.54, 1.807) is 31.0 Å². The van der Waals surface area contributed by atoms with E-state index in [1.165, 1.54) is 0 Å². The zero-order chi connectivity index (χ0) is 20.5. The molecular formula is C21H20ClN3O4. The fraction of sp³-hybridized carbons (Fsp3) is 0.238. The number of aliphatic hydroxyl groups excluding tert-OH is 1. The Morgan fingerprint density at radius 3 is 2.69 bits per heavy atom. The predicted octanol–water partition coefficient (Wildman–Crippen LogP) is 2.84. The standard InChI is InChI=1S/C21H20ClN3O4/c1-28-17-9-12-8-16-19(21(27)23-6-7-26)24-25(14-5-3-4-13(22)10-14)20(16)15(12)11-18(17)29-2/h3-5,9-11,26H,6-8H2,1-2H3,(H,23,27). The number of hydrogen-bond donors (Lipinski definition) is 2. The van der Waals surface area contributed by atoms with E-state index in [9.17, 15) is 4.79 Å². The van der Waals surface area contributed by atoms with Gasteiger partial charge in [-0.15, -0.1) is 0 Å². The molecule has 4 rings (SSSR count). The van der Waals surface area contributed by atoms with Crippen molar-refractivity contribution < 1.29 is 19.4 Å². The maximum absolute atomic E-state index is 12.7. The molecule has 0 unspecified atom stereocenters. The Labute approximate surface area is 172 Å². The summed E-state index contributed by atoms with van der Waals surface area (Å²) >= 11 is 6.19. The molecule has 3 aromatic rings. The summed E-state index contributed by atoms with van der Waals surface area (Å²) in [7, 11) is 3.18. The van der Waals surface area contributed by atoms with Crippen LogP contribution in [-0.2, 0) is 6.42 Å². The minimum Gasteiger partial charge on any atom is -0.493 e. The number of halogens is 1. The van der Waals surface area contributed by atoms with E-state index in [0.29, 0.717) is 28.6 Å². The van der Waals surface area contributed by atoms with Gasteiger partial charge in [0.05, 0.1) is 32.2 Å². The van der Waals surface area contributed by atoms with E-state index in [1.807, 2.05) is 24.3 Å². The van der Waals surface area contributed by atoms with Crippen molar-refractivity contribution >= 4 is 17.5 Å². The highest BCUT2D eigenvalue weighted by Gasteiger charge is 2.32. The summed E-state index contributed by atoms with van der Waals surface area (Å²) in [6.45, 7) is 0.0176. The van der Waals surface area contributed by atoms with Crippen molar-refractivity contribution in [3.05, 3.63) is 58.2 Å². The monoisotopic (exact) mass is 413 g/mol. The first-order chi connectivity index (χ1) is 14.1. The summed E-state index contributed by atoms with van der Waals surface area (Å²) in [5.41, 5.74) is 4.64. The second-order valence-corrected chi connectivity index (χ2v) is 7.02. The van der Waals surface area contributed by atoms with E-state index < -0.39 is 0 Å². The molecule has 0 spiro atoms. The molecule has 2 N–H and O–H groups in total. The third-order valence-electron chi connectivity index (χ3n) is 4.88. The van der Waals surface area contributed by atoms with Crippen LogP contribution in [0.1, 0.15) is 21.6 Å². The van der Waals surface area contributed by atoms with Crippen LogP contribution >= 0.6 is 11.6 Å². The summed E-state index contributed by atoms with van der Waals surface area (Å²) in [5, 5.41) is 16.9. The van der Waals surface area contributed by atoms with Crippen LogP contribution in [0.3, 0.4) is 0 Å². The molecule has 1 heterocycles. The summed E-state index contributed by atoms with van der Waals surface area (Å²) in [5.74, 6) is 0.900. The van der Waals surface area contributed by atoms with Gasteiger partial charge in [0.1, 0.15) is 0 Å². The van der Waals surface area contributed by atoms with Gasteiger partial charge in [-0.1, -0.05) is 17.7 Å². The van der Waals surface area contributed by atoms with Gasteiger partial charge in [0.25, 0.3) is 5.91 Å². The molecule has 0 atom stereocenters. The molecule has 2 aromatic carbocycles. The molecule has 1 amide bonds. The minimum atomic E-state index is -0.331. The zero-order valence-corrected chi connectivity index (χ0v) is 16.8. The van der Waals surface area contributed by atoms with Gasteiger partial charge in [-0.2, -0.15) is 5.10 Å². The molecule has 1 aliphatic carbocycles. The molecule has 150 valence electrons. The fourth-order valence-electron chi connectivity index (χ4n) is 3.60. The number of methoxy groups -OCH3 is 2. The molecule has 0 bridgehead atoms. The molecule has 29 heavy (non-hydrogen) atoms. The van der Waals surface area contributed by atoms with E-state index in [0.717, 1.165) is 28.1 Å². The lowest BCUT2D eigenvalue weighted by molar-refractivity contribution is 0.0938. The average molecular weight is 414 g/mol. The Bertz CT molecular complexity index is 1090. The summed E-state index contributed by atoms with van der Waals surface area (Å²) in [6, 6.07) is 11.1. The SMILES string of the molecule is COc1cc2c(cc1OC)-c1c(c(C(=O)NCCO)nn1-c1cccc(Cl)c1)C2. The van der Waals surface area contributed by atoms with Crippen LogP contribution in [0.2, 0.25) is 5.02 Å². The molecule has 1 aromatic heterocycles. The van der Waals surface area contributed by atoms with Gasteiger partial charge in [-0.05, 0) is 35.9 Å². The number of hydrogen-bond acceptors (Lipinski definition) is 5. The normalized spacial score (nSPS) is 11.7. The topological polar surface area (TPSA) is 85.6 Å². The average Bonchev–Trinajstić information content (AvgIpc) is 3.27. The molecule has 0 saturated heterocycles. The predicted molar refractivity (Wildman–Crippen MR) is 109 cm³/mol. The van der Waals surface area contributed by atoms with Gasteiger partial charge >= 0.3 is 0 Å². The first kappa shape index (κ1) is 19.3. The lowest BCUT2D eigenvalue weighted by Crippen LogP contribution is -2.27. The van der Waals surface area contributed by atoms with Crippen LogP contribution in [0, 0.1) is 0 Å². The van der Waals surface area contributed by atoms with Crippen LogP contribution < -0.4 is 14.8 Å². The number of benzene rings is 2. The fourth-order valence-corrected chi connectivity index (χ4v) is 3.79. The van der Waals surface area contributed by atoms with E-state index in [-0.39, 0.29) is 19.1 Å². The Kier molecular flexibility index (Phi) is 5.17. The van der Waals surface area contributed by atoms with Gasteiger partial charge < -0.3 is 19.9 Å². The Morgan fingerprint density at radius 2 is 2.00 bits per heavy atom. The van der Waals surface area contributed by atoms with Crippen molar-refractivity contribution in [3.8, 4) is 28.4 Å². The van der Waals surface area contributed by atoms with Crippen molar-refractivity contribution in [1.29, 1.82) is 0 Å². The Balaban J connectivity index is 1.92. The molecule has 8 heteroatoms. The highest BCUT2D eigenvalue weighted by Crippen LogP contribution is 2.44. The molecule has 0 aliphatic heterocycles. The van der Waals surface area contributed by atoms with Crippen LogP contribution in [0.25, 0.3) is 16.9 Å². The van der Waals surface area contributed by atoms with Crippen molar-refractivity contribution in [1.82, 2.24) is 15.1 Å². The number of ether oxygens (including phenoxy) is 2. The van der Waals surface area contributed by atoms with Crippen LogP contribution in [0.15, 0.2) is 36.4 Å². The second-order valence-electron chi connectivity index (χ2n) is 6.59. The minimum absolute atomic E-state index is 0.141. The third-order valence-corrected chi connectivity index (χ3v) is 5.12. The van der Waals surface area contributed by atoms with E-state index in [2.05, 4.69) is 10.4 Å². The van der Waals surface area contributed by atoms with Gasteiger partial charge in [-0.25, -0.2) is 4.68 Å². The van der Waals surface area contributed by atoms with Crippen molar-refractivity contribution in [2.24, 2.45) is 0 Å². The van der Waals surface area contributed by atoms with Gasteiger partial charge in [-0.3, -0.25) is 4.79 Å². The third kappa shape index (κ3) is 3.32. The quantitative estimate of drug-likeness (QED) is 0.507. The number of amides is 1. The van der Waals surface area contributed by atoms with Crippen LogP contribution in [0.5, 0.6) is 11.5 Å². The smallest absolute Gasteiger partial charge is 0.272 e. The maximum Gasteiger partial charge on any atom is 0.272 e. The van der Waals surface area contributed by atoms with Crippen molar-refractivity contribution in [3.63, 3.8) is 0 Å². The van der Waals surface area contributed by atoms with Crippen molar-refractivity contribution in [2.75, 3.05) is 27.4 Å². The number of aliphatic hydroxyl groups is 1. The highest BCUT2D eigenvalue weighted by atomic mass is 35.5. The first-order valence-electron chi connectivity index (χ1n) is 9.09. The van der Waals surface area contributed by atoms with E-state index in [4.69, 9.17) is 26.2 Å². The lowest BCUT2D eigenvalue weighted by atomic mass is 10.1. The maximum atomic E-state index is 12.7. The summed E-state index contributed by atoms with van der Waals surface area (Å²) in [4.78, 5) is 12.7. The Hall–Kier alpha value is -3.03. The van der Waals surface area contributed by atoms with Gasteiger partial charge in [0.2, 0.25) is 0 Å². The number of nitrogens with zero attached hydrogens (tertiary/aromatic N) is 2. The largest absolute Gasteiger partial charge is 0.493 e. The van der Waals surface area contributed by atoms with Gasteiger partial charge in [0.15, 0.2) is 17.2 Å². The molecular weight excluding hydrogens is 394 g/mol. The number of fused-ring (bicyclic) bond motifs is 3. The van der Waals surface area contributed by atoms with Crippen LogP contribution in [0.4, 0.5) is 0 Å². The molecule has 0 radical (unpaired) electrons. The number of rotatable bonds is 6. The molecule has 0 saturated carbocycles. The number of carbonyl (C=O) groups is 1. The van der Waals surface area contributed by atoms with Crippen LogP contribution in [-0.4, -0.2) is 48.2 Å².